The summed E-state index contributed by atoms with van der Waals surface area (Å²) in [5.41, 5.74) is 2.08. The van der Waals surface area contributed by atoms with Crippen molar-refractivity contribution in [3.8, 4) is 23.0 Å². The van der Waals surface area contributed by atoms with E-state index in [1.54, 1.807) is 44.6 Å². The molecule has 0 spiro atoms. The molecule has 1 N–H and O–H groups in total. The highest BCUT2D eigenvalue weighted by Gasteiger charge is 2.29. The smallest absolute Gasteiger partial charge is 0.268 e. The van der Waals surface area contributed by atoms with Gasteiger partial charge >= 0.3 is 0 Å². The Bertz CT molecular complexity index is 911. The largest absolute Gasteiger partial charge is 0.493 e. The average Bonchev–Trinajstić information content (AvgIpc) is 3.36. The molecule has 2 aliphatic heterocycles. The number of rotatable bonds is 5. The molecule has 2 aromatic rings. The second-order valence-electron chi connectivity index (χ2n) is 5.96. The number of hydrogen-bond donors (Lipinski definition) is 1. The van der Waals surface area contributed by atoms with Crippen LogP contribution in [0, 0.1) is 0 Å². The van der Waals surface area contributed by atoms with Gasteiger partial charge in [0, 0.05) is 23.7 Å². The molecular weight excluding hydrogens is 352 g/mol. The van der Waals surface area contributed by atoms with E-state index in [1.165, 1.54) is 0 Å². The maximum atomic E-state index is 12.5. The van der Waals surface area contributed by atoms with E-state index >= 15 is 0 Å². The Morgan fingerprint density at radius 1 is 1.07 bits per heavy atom. The van der Waals surface area contributed by atoms with Gasteiger partial charge in [-0.05, 0) is 30.3 Å². The molecule has 2 aromatic carbocycles. The first-order valence-corrected chi connectivity index (χ1v) is 8.33. The predicted octanol–water partition coefficient (Wildman–Crippen LogP) is 2.56. The van der Waals surface area contributed by atoms with Crippen LogP contribution in [0.5, 0.6) is 23.0 Å². The molecule has 0 bridgehead atoms. The molecule has 2 heterocycles. The van der Waals surface area contributed by atoms with Crippen LogP contribution in [0.15, 0.2) is 41.6 Å². The molecule has 0 aliphatic carbocycles. The normalized spacial score (nSPS) is 17.1. The highest BCUT2D eigenvalue weighted by atomic mass is 16.7. The van der Waals surface area contributed by atoms with Crippen LogP contribution in [0.2, 0.25) is 0 Å². The molecule has 0 saturated heterocycles. The Morgan fingerprint density at radius 3 is 2.70 bits per heavy atom. The van der Waals surface area contributed by atoms with Gasteiger partial charge < -0.3 is 29.1 Å². The van der Waals surface area contributed by atoms with Gasteiger partial charge in [0.1, 0.15) is 0 Å². The fourth-order valence-corrected chi connectivity index (χ4v) is 2.90. The van der Waals surface area contributed by atoms with E-state index in [0.717, 1.165) is 5.56 Å². The molecule has 1 atom stereocenters. The third kappa shape index (κ3) is 3.33. The molecule has 27 heavy (non-hydrogen) atoms. The first-order chi connectivity index (χ1) is 13.2. The van der Waals surface area contributed by atoms with Crippen LogP contribution >= 0.6 is 0 Å². The lowest BCUT2D eigenvalue weighted by Gasteiger charge is -2.10. The number of fused-ring (bicyclic) bond motifs is 1. The van der Waals surface area contributed by atoms with Gasteiger partial charge in [-0.15, -0.1) is 0 Å². The van der Waals surface area contributed by atoms with Gasteiger partial charge in [-0.3, -0.25) is 4.79 Å². The van der Waals surface area contributed by atoms with Crippen LogP contribution in [-0.2, 0) is 9.63 Å². The molecular formula is C19H18N2O6. The lowest BCUT2D eigenvalue weighted by atomic mass is 10.0. The molecule has 2 aliphatic rings. The van der Waals surface area contributed by atoms with Crippen molar-refractivity contribution in [1.82, 2.24) is 0 Å². The lowest BCUT2D eigenvalue weighted by molar-refractivity contribution is -0.125. The number of nitrogens with zero attached hydrogens (tertiary/aromatic N) is 1. The van der Waals surface area contributed by atoms with E-state index < -0.39 is 6.10 Å². The Morgan fingerprint density at radius 2 is 1.89 bits per heavy atom. The number of benzene rings is 2. The minimum absolute atomic E-state index is 0.182. The van der Waals surface area contributed by atoms with E-state index in [9.17, 15) is 4.79 Å². The zero-order chi connectivity index (χ0) is 18.8. The van der Waals surface area contributed by atoms with Crippen molar-refractivity contribution in [2.24, 2.45) is 5.16 Å². The monoisotopic (exact) mass is 370 g/mol. The third-order valence-electron chi connectivity index (χ3n) is 4.32. The number of amides is 1. The summed E-state index contributed by atoms with van der Waals surface area (Å²) in [5, 5.41) is 6.86. The Kier molecular flexibility index (Phi) is 4.45. The third-order valence-corrected chi connectivity index (χ3v) is 4.32. The van der Waals surface area contributed by atoms with Crippen molar-refractivity contribution >= 4 is 17.3 Å². The van der Waals surface area contributed by atoms with E-state index in [1.807, 2.05) is 6.07 Å². The van der Waals surface area contributed by atoms with Crippen molar-refractivity contribution in [2.45, 2.75) is 12.5 Å². The second kappa shape index (κ2) is 7.06. The van der Waals surface area contributed by atoms with Gasteiger partial charge in [0.05, 0.1) is 19.9 Å². The number of methoxy groups -OCH3 is 2. The van der Waals surface area contributed by atoms with Gasteiger partial charge in [0.2, 0.25) is 12.9 Å². The number of carbonyl (C=O) groups is 1. The van der Waals surface area contributed by atoms with Crippen molar-refractivity contribution in [2.75, 3.05) is 26.3 Å². The molecule has 8 heteroatoms. The zero-order valence-electron chi connectivity index (χ0n) is 14.9. The number of oxime groups is 1. The minimum Gasteiger partial charge on any atom is -0.493 e. The highest BCUT2D eigenvalue weighted by molar-refractivity contribution is 6.06. The fourth-order valence-electron chi connectivity index (χ4n) is 2.90. The highest BCUT2D eigenvalue weighted by Crippen LogP contribution is 2.34. The first-order valence-electron chi connectivity index (χ1n) is 8.33. The van der Waals surface area contributed by atoms with E-state index in [0.29, 0.717) is 40.8 Å². The fraction of sp³-hybridized carbons (Fsp3) is 0.263. The van der Waals surface area contributed by atoms with Crippen LogP contribution in [0.4, 0.5) is 5.69 Å². The SMILES string of the molecule is COc1ccc(C2=NO[C@H](C(=O)Nc3ccc4c(c3)OCO4)C2)cc1OC. The van der Waals surface area contributed by atoms with Crippen LogP contribution in [0.3, 0.4) is 0 Å². The molecule has 1 amide bonds. The predicted molar refractivity (Wildman–Crippen MR) is 96.8 cm³/mol. The number of carbonyl (C=O) groups excluding carboxylic acids is 1. The molecule has 8 nitrogen and oxygen atoms in total. The van der Waals surface area contributed by atoms with Crippen LogP contribution in [0.1, 0.15) is 12.0 Å². The summed E-state index contributed by atoms with van der Waals surface area (Å²) in [6.07, 6.45) is -0.357. The van der Waals surface area contributed by atoms with E-state index in [2.05, 4.69) is 10.5 Å². The summed E-state index contributed by atoms with van der Waals surface area (Å²) in [5.74, 6) is 2.18. The number of ether oxygens (including phenoxy) is 4. The van der Waals surface area contributed by atoms with E-state index in [4.69, 9.17) is 23.8 Å². The van der Waals surface area contributed by atoms with Crippen molar-refractivity contribution < 1.29 is 28.6 Å². The Hall–Kier alpha value is -3.42. The summed E-state index contributed by atoms with van der Waals surface area (Å²) in [6, 6.07) is 10.7. The summed E-state index contributed by atoms with van der Waals surface area (Å²) >= 11 is 0. The first kappa shape index (κ1) is 17.0. The summed E-state index contributed by atoms with van der Waals surface area (Å²) in [6.45, 7) is 0.182. The molecule has 140 valence electrons. The van der Waals surface area contributed by atoms with Gasteiger partial charge in [-0.1, -0.05) is 5.16 Å². The summed E-state index contributed by atoms with van der Waals surface area (Å²) < 4.78 is 21.1. The quantitative estimate of drug-likeness (QED) is 0.870. The van der Waals surface area contributed by atoms with Gasteiger partial charge in [-0.2, -0.15) is 0 Å². The van der Waals surface area contributed by atoms with Gasteiger partial charge in [-0.25, -0.2) is 0 Å². The summed E-state index contributed by atoms with van der Waals surface area (Å²) in [4.78, 5) is 17.8. The van der Waals surface area contributed by atoms with Crippen LogP contribution in [-0.4, -0.2) is 38.7 Å². The topological polar surface area (TPSA) is 87.6 Å². The molecule has 0 radical (unpaired) electrons. The van der Waals surface area contributed by atoms with E-state index in [-0.39, 0.29) is 12.7 Å². The molecule has 0 fully saturated rings. The summed E-state index contributed by atoms with van der Waals surface area (Å²) in [7, 11) is 3.14. The van der Waals surface area contributed by atoms with Crippen molar-refractivity contribution in [3.63, 3.8) is 0 Å². The average molecular weight is 370 g/mol. The van der Waals surface area contributed by atoms with Crippen molar-refractivity contribution in [3.05, 3.63) is 42.0 Å². The van der Waals surface area contributed by atoms with Gasteiger partial charge in [0.25, 0.3) is 5.91 Å². The molecule has 0 aromatic heterocycles. The zero-order valence-corrected chi connectivity index (χ0v) is 14.9. The molecule has 0 unspecified atom stereocenters. The van der Waals surface area contributed by atoms with Crippen LogP contribution in [0.25, 0.3) is 0 Å². The second-order valence-corrected chi connectivity index (χ2v) is 5.96. The number of hydrogen-bond acceptors (Lipinski definition) is 7. The Balaban J connectivity index is 1.42. The maximum absolute atomic E-state index is 12.5. The van der Waals surface area contributed by atoms with Crippen LogP contribution < -0.4 is 24.3 Å². The molecule has 0 saturated carbocycles. The van der Waals surface area contributed by atoms with Gasteiger partial charge in [0.15, 0.2) is 23.0 Å². The Labute approximate surface area is 155 Å². The van der Waals surface area contributed by atoms with Crippen molar-refractivity contribution in [1.29, 1.82) is 0 Å². The minimum atomic E-state index is -0.710. The lowest BCUT2D eigenvalue weighted by Crippen LogP contribution is -2.28. The molecule has 4 rings (SSSR count). The number of anilines is 1. The standard InChI is InChI=1S/C19H18N2O6/c1-23-14-5-3-11(7-16(14)24-2)13-9-18(27-21-13)19(22)20-12-4-6-15-17(8-12)26-10-25-15/h3-8,18H,9-10H2,1-2H3,(H,20,22)/t18-/m0/s1. The maximum Gasteiger partial charge on any atom is 0.268 e. The number of nitrogens with one attached hydrogen (secondary N) is 1.